The number of carbonyl (C=O) groups is 1. The van der Waals surface area contributed by atoms with Crippen LogP contribution in [0.15, 0.2) is 60.7 Å². The Hall–Kier alpha value is -2.17. The van der Waals surface area contributed by atoms with Crippen molar-refractivity contribution in [1.82, 2.24) is 9.80 Å². The number of likely N-dealkylation sites (tertiary alicyclic amines) is 2. The Balaban J connectivity index is 1.53. The average Bonchev–Trinajstić information content (AvgIpc) is 3.16. The Labute approximate surface area is 162 Å². The molecule has 2 aromatic carbocycles. The van der Waals surface area contributed by atoms with Crippen molar-refractivity contribution in [2.75, 3.05) is 26.2 Å². The molecule has 0 aromatic heterocycles. The van der Waals surface area contributed by atoms with Gasteiger partial charge in [0.05, 0.1) is 5.41 Å². The van der Waals surface area contributed by atoms with Crippen molar-refractivity contribution < 1.29 is 4.79 Å². The molecule has 142 valence electrons. The number of nitrogens with two attached hydrogens (primary N) is 1. The highest BCUT2D eigenvalue weighted by Gasteiger charge is 2.45. The maximum Gasteiger partial charge on any atom is 0.233 e. The van der Waals surface area contributed by atoms with Gasteiger partial charge in [-0.25, -0.2) is 0 Å². The van der Waals surface area contributed by atoms with Crippen LogP contribution in [-0.4, -0.2) is 47.9 Å². The average molecular weight is 364 g/mol. The summed E-state index contributed by atoms with van der Waals surface area (Å²) in [5.41, 5.74) is 8.17. The second kappa shape index (κ2) is 7.83. The van der Waals surface area contributed by atoms with Gasteiger partial charge in [0, 0.05) is 25.7 Å². The van der Waals surface area contributed by atoms with E-state index >= 15 is 0 Å². The van der Waals surface area contributed by atoms with Gasteiger partial charge in [0.15, 0.2) is 0 Å². The Bertz CT molecular complexity index is 754. The fourth-order valence-corrected chi connectivity index (χ4v) is 4.59. The van der Waals surface area contributed by atoms with E-state index in [9.17, 15) is 4.79 Å². The normalized spacial score (nSPS) is 22.7. The van der Waals surface area contributed by atoms with E-state index in [1.54, 1.807) is 0 Å². The van der Waals surface area contributed by atoms with Crippen molar-refractivity contribution in [3.8, 4) is 0 Å². The minimum absolute atomic E-state index is 0.125. The van der Waals surface area contributed by atoms with E-state index in [2.05, 4.69) is 59.5 Å². The van der Waals surface area contributed by atoms with Crippen LogP contribution in [0.4, 0.5) is 0 Å². The molecular weight excluding hydrogens is 334 g/mol. The third kappa shape index (κ3) is 3.78. The van der Waals surface area contributed by atoms with Crippen LogP contribution in [-0.2, 0) is 16.8 Å². The van der Waals surface area contributed by atoms with Crippen LogP contribution in [0.1, 0.15) is 30.4 Å². The van der Waals surface area contributed by atoms with E-state index in [4.69, 9.17) is 5.73 Å². The second-order valence-corrected chi connectivity index (χ2v) is 8.01. The Morgan fingerprint density at radius 1 is 0.963 bits per heavy atom. The summed E-state index contributed by atoms with van der Waals surface area (Å²) in [5.74, 6) is 0.279. The molecule has 2 N–H and O–H groups in total. The number of amides is 1. The van der Waals surface area contributed by atoms with Crippen LogP contribution >= 0.6 is 0 Å². The quantitative estimate of drug-likeness (QED) is 0.909. The molecule has 2 fully saturated rings. The SMILES string of the molecule is N[C@@H]1CCN(C(=O)C2(c3ccccc3)CCN(Cc3ccccc3)CC2)C1. The fraction of sp³-hybridized carbons (Fsp3) is 0.435. The number of piperidine rings is 1. The van der Waals surface area contributed by atoms with Gasteiger partial charge in [0.2, 0.25) is 5.91 Å². The van der Waals surface area contributed by atoms with E-state index in [0.717, 1.165) is 51.0 Å². The van der Waals surface area contributed by atoms with Gasteiger partial charge in [0.1, 0.15) is 0 Å². The van der Waals surface area contributed by atoms with Gasteiger partial charge in [-0.3, -0.25) is 9.69 Å². The minimum Gasteiger partial charge on any atom is -0.340 e. The molecular formula is C23H29N3O. The molecule has 0 spiro atoms. The molecule has 4 rings (SSSR count). The molecule has 1 atom stereocenters. The maximum absolute atomic E-state index is 13.6. The first-order valence-electron chi connectivity index (χ1n) is 10.0. The summed E-state index contributed by atoms with van der Waals surface area (Å²) < 4.78 is 0. The number of benzene rings is 2. The van der Waals surface area contributed by atoms with Crippen molar-refractivity contribution >= 4 is 5.91 Å². The number of rotatable bonds is 4. The molecule has 4 heteroatoms. The van der Waals surface area contributed by atoms with Crippen molar-refractivity contribution in [2.24, 2.45) is 5.73 Å². The number of hydrogen-bond acceptors (Lipinski definition) is 3. The number of hydrogen-bond donors (Lipinski definition) is 1. The van der Waals surface area contributed by atoms with Crippen molar-refractivity contribution in [3.63, 3.8) is 0 Å². The molecule has 0 saturated carbocycles. The van der Waals surface area contributed by atoms with Crippen LogP contribution in [0, 0.1) is 0 Å². The highest BCUT2D eigenvalue weighted by atomic mass is 16.2. The predicted molar refractivity (Wildman–Crippen MR) is 108 cm³/mol. The van der Waals surface area contributed by atoms with Crippen LogP contribution < -0.4 is 5.73 Å². The standard InChI is InChI=1S/C23H29N3O/c24-21-11-14-26(18-21)22(27)23(20-9-5-2-6-10-20)12-15-25(16-13-23)17-19-7-3-1-4-8-19/h1-10,21H,11-18,24H2/t21-/m1/s1. The zero-order valence-corrected chi connectivity index (χ0v) is 15.9. The van der Waals surface area contributed by atoms with E-state index in [1.165, 1.54) is 5.56 Å². The Morgan fingerprint density at radius 2 is 1.59 bits per heavy atom. The van der Waals surface area contributed by atoms with E-state index < -0.39 is 5.41 Å². The third-order valence-electron chi connectivity index (χ3n) is 6.21. The maximum atomic E-state index is 13.6. The monoisotopic (exact) mass is 363 g/mol. The first-order valence-corrected chi connectivity index (χ1v) is 10.0. The lowest BCUT2D eigenvalue weighted by atomic mass is 9.71. The molecule has 2 aliphatic heterocycles. The van der Waals surface area contributed by atoms with Crippen LogP contribution in [0.3, 0.4) is 0 Å². The zero-order valence-electron chi connectivity index (χ0n) is 15.9. The predicted octanol–water partition coefficient (Wildman–Crippen LogP) is 2.78. The summed E-state index contributed by atoms with van der Waals surface area (Å²) in [6, 6.07) is 21.1. The van der Waals surface area contributed by atoms with Gasteiger partial charge in [-0.2, -0.15) is 0 Å². The Kier molecular flexibility index (Phi) is 5.28. The fourth-order valence-electron chi connectivity index (χ4n) is 4.59. The minimum atomic E-state index is -0.404. The lowest BCUT2D eigenvalue weighted by Gasteiger charge is -2.43. The first-order chi connectivity index (χ1) is 13.2. The summed E-state index contributed by atoms with van der Waals surface area (Å²) in [7, 11) is 0. The molecule has 0 bridgehead atoms. The molecule has 2 saturated heterocycles. The van der Waals surface area contributed by atoms with Gasteiger partial charge >= 0.3 is 0 Å². The van der Waals surface area contributed by atoms with Crippen LogP contribution in [0.5, 0.6) is 0 Å². The summed E-state index contributed by atoms with van der Waals surface area (Å²) >= 11 is 0. The van der Waals surface area contributed by atoms with Crippen molar-refractivity contribution in [3.05, 3.63) is 71.8 Å². The molecule has 2 aliphatic rings. The van der Waals surface area contributed by atoms with Gasteiger partial charge in [-0.05, 0) is 43.5 Å². The van der Waals surface area contributed by atoms with Gasteiger partial charge in [0.25, 0.3) is 0 Å². The summed E-state index contributed by atoms with van der Waals surface area (Å²) in [5, 5.41) is 0. The molecule has 0 radical (unpaired) electrons. The molecule has 0 unspecified atom stereocenters. The lowest BCUT2D eigenvalue weighted by molar-refractivity contribution is -0.138. The molecule has 0 aliphatic carbocycles. The van der Waals surface area contributed by atoms with Gasteiger partial charge in [-0.1, -0.05) is 60.7 Å². The first kappa shape index (κ1) is 18.2. The molecule has 27 heavy (non-hydrogen) atoms. The van der Waals surface area contributed by atoms with Crippen molar-refractivity contribution in [1.29, 1.82) is 0 Å². The topological polar surface area (TPSA) is 49.6 Å². The lowest BCUT2D eigenvalue weighted by Crippen LogP contribution is -2.52. The second-order valence-electron chi connectivity index (χ2n) is 8.01. The van der Waals surface area contributed by atoms with Crippen LogP contribution in [0.2, 0.25) is 0 Å². The number of carbonyl (C=O) groups excluding carboxylic acids is 1. The van der Waals surface area contributed by atoms with E-state index in [0.29, 0.717) is 6.54 Å². The van der Waals surface area contributed by atoms with Crippen LogP contribution in [0.25, 0.3) is 0 Å². The molecule has 1 amide bonds. The summed E-state index contributed by atoms with van der Waals surface area (Å²) in [6.07, 6.45) is 2.65. The highest BCUT2D eigenvalue weighted by Crippen LogP contribution is 2.38. The molecule has 4 nitrogen and oxygen atoms in total. The van der Waals surface area contributed by atoms with E-state index in [1.807, 2.05) is 11.0 Å². The summed E-state index contributed by atoms with van der Waals surface area (Å²) in [6.45, 7) is 4.32. The zero-order chi connectivity index (χ0) is 18.7. The van der Waals surface area contributed by atoms with E-state index in [-0.39, 0.29) is 11.9 Å². The highest BCUT2D eigenvalue weighted by molar-refractivity contribution is 5.88. The molecule has 2 heterocycles. The van der Waals surface area contributed by atoms with Gasteiger partial charge < -0.3 is 10.6 Å². The Morgan fingerprint density at radius 3 is 2.19 bits per heavy atom. The smallest absolute Gasteiger partial charge is 0.233 e. The molecule has 2 aromatic rings. The number of nitrogens with zero attached hydrogens (tertiary/aromatic N) is 2. The van der Waals surface area contributed by atoms with Gasteiger partial charge in [-0.15, -0.1) is 0 Å². The third-order valence-corrected chi connectivity index (χ3v) is 6.21. The summed E-state index contributed by atoms with van der Waals surface area (Å²) in [4.78, 5) is 18.1. The largest absolute Gasteiger partial charge is 0.340 e. The van der Waals surface area contributed by atoms with Crippen molar-refractivity contribution in [2.45, 2.75) is 37.3 Å².